The lowest BCUT2D eigenvalue weighted by atomic mass is 9.48. The molecule has 1 spiro atoms. The molecule has 5 atom stereocenters. The van der Waals surface area contributed by atoms with E-state index in [1.807, 2.05) is 28.5 Å². The summed E-state index contributed by atoms with van der Waals surface area (Å²) >= 11 is 5.12. The molecular formula is C38H43BrN2O5S. The number of carbonyl (C=O) groups is 2. The van der Waals surface area contributed by atoms with E-state index in [4.69, 9.17) is 14.2 Å². The number of carbonyl (C=O) groups excluding carboxylic acids is 2. The molecule has 1 amide bonds. The first-order valence-corrected chi connectivity index (χ1v) is 18.4. The third-order valence-corrected chi connectivity index (χ3v) is 12.4. The Morgan fingerprint density at radius 2 is 2.00 bits per heavy atom. The average molecular weight is 720 g/mol. The summed E-state index contributed by atoms with van der Waals surface area (Å²) in [6.07, 6.45) is 7.01. The highest BCUT2D eigenvalue weighted by Gasteiger charge is 2.75. The first-order chi connectivity index (χ1) is 22.7. The summed E-state index contributed by atoms with van der Waals surface area (Å²) in [5, 5.41) is 2.02. The van der Waals surface area contributed by atoms with Crippen molar-refractivity contribution in [3.8, 4) is 11.5 Å². The van der Waals surface area contributed by atoms with Crippen molar-refractivity contribution in [2.45, 2.75) is 82.1 Å². The summed E-state index contributed by atoms with van der Waals surface area (Å²) in [6.45, 7) is 8.18. The number of piperidine rings is 1. The Kier molecular flexibility index (Phi) is 8.77. The van der Waals surface area contributed by atoms with Gasteiger partial charge in [-0.3, -0.25) is 14.5 Å². The molecule has 0 N–H and O–H groups in total. The van der Waals surface area contributed by atoms with Crippen molar-refractivity contribution in [1.82, 2.24) is 9.80 Å². The van der Waals surface area contributed by atoms with Crippen molar-refractivity contribution >= 4 is 45.2 Å². The summed E-state index contributed by atoms with van der Waals surface area (Å²) in [4.78, 5) is 32.9. The molecule has 1 aromatic heterocycles. The van der Waals surface area contributed by atoms with Crippen LogP contribution in [0.5, 0.6) is 11.5 Å². The Balaban J connectivity index is 1.32. The number of methoxy groups -OCH3 is 1. The Labute approximate surface area is 290 Å². The molecule has 7 nitrogen and oxygen atoms in total. The maximum absolute atomic E-state index is 14.2. The molecule has 2 aromatic carbocycles. The van der Waals surface area contributed by atoms with Crippen LogP contribution < -0.4 is 9.47 Å². The van der Waals surface area contributed by atoms with Crippen LogP contribution in [0, 0.1) is 5.92 Å². The predicted octanol–water partition coefficient (Wildman–Crippen LogP) is 7.05. The number of hydrogen-bond donors (Lipinski definition) is 0. The molecule has 47 heavy (non-hydrogen) atoms. The van der Waals surface area contributed by atoms with Gasteiger partial charge < -0.3 is 19.1 Å². The van der Waals surface area contributed by atoms with E-state index in [9.17, 15) is 9.59 Å². The van der Waals surface area contributed by atoms with Crippen molar-refractivity contribution in [2.75, 3.05) is 26.7 Å². The van der Waals surface area contributed by atoms with E-state index in [2.05, 4.69) is 71.1 Å². The fourth-order valence-electron chi connectivity index (χ4n) is 9.14. The van der Waals surface area contributed by atoms with Crippen LogP contribution in [0.3, 0.4) is 0 Å². The largest absolute Gasteiger partial charge is 0.493 e. The van der Waals surface area contributed by atoms with Gasteiger partial charge in [0.2, 0.25) is 5.91 Å². The van der Waals surface area contributed by atoms with Crippen LogP contribution in [0.2, 0.25) is 0 Å². The zero-order chi connectivity index (χ0) is 32.9. The third-order valence-electron chi connectivity index (χ3n) is 10.8. The van der Waals surface area contributed by atoms with Crippen LogP contribution in [0.4, 0.5) is 0 Å². The number of nitrogens with zero attached hydrogens (tertiary/aromatic N) is 2. The van der Waals surface area contributed by atoms with E-state index in [1.165, 1.54) is 18.1 Å². The Hall–Kier alpha value is -3.14. The lowest BCUT2D eigenvalue weighted by Gasteiger charge is -2.65. The molecule has 3 aromatic rings. The smallest absolute Gasteiger partial charge is 0.303 e. The van der Waals surface area contributed by atoms with Gasteiger partial charge in [0.1, 0.15) is 11.7 Å². The van der Waals surface area contributed by atoms with Crippen LogP contribution >= 0.6 is 27.3 Å². The first-order valence-electron chi connectivity index (χ1n) is 16.7. The van der Waals surface area contributed by atoms with Gasteiger partial charge in [0.25, 0.3) is 0 Å². The fourth-order valence-corrected chi connectivity index (χ4v) is 10.5. The Bertz CT molecular complexity index is 1690. The van der Waals surface area contributed by atoms with Crippen molar-refractivity contribution in [2.24, 2.45) is 5.92 Å². The second-order valence-electron chi connectivity index (χ2n) is 13.9. The number of thiophene rings is 1. The standard InChI is InChI=1S/C38H43BrN2O5S/c1-24(2)22-41(33(43)13-11-29-21-28(39)23-47-29)30-14-16-38(46-25(3)42)32-20-27-10-12-31(44-4)35-34(27)37(38,36(30)45-35)17-19-40(32)18-15-26-8-6-5-7-9-26/h5-13,21,23-24,30,32,36H,14-20,22H2,1-4H3/b13-11+/t30-,32-,36+,37+,38-/m1/s1. The molecule has 7 rings (SSSR count). The van der Waals surface area contributed by atoms with E-state index < -0.39 is 11.0 Å². The minimum Gasteiger partial charge on any atom is -0.493 e. The zero-order valence-electron chi connectivity index (χ0n) is 27.5. The summed E-state index contributed by atoms with van der Waals surface area (Å²) in [7, 11) is 1.68. The second-order valence-corrected chi connectivity index (χ2v) is 15.7. The van der Waals surface area contributed by atoms with Gasteiger partial charge in [-0.15, -0.1) is 11.3 Å². The lowest BCUT2D eigenvalue weighted by Crippen LogP contribution is -2.79. The van der Waals surface area contributed by atoms with Gasteiger partial charge in [-0.2, -0.15) is 0 Å². The molecule has 2 fully saturated rings. The molecule has 2 bridgehead atoms. The van der Waals surface area contributed by atoms with Gasteiger partial charge in [0.05, 0.1) is 24.6 Å². The van der Waals surface area contributed by atoms with Crippen LogP contribution in [0.25, 0.3) is 6.08 Å². The highest BCUT2D eigenvalue weighted by atomic mass is 79.9. The molecule has 4 aliphatic rings. The number of benzene rings is 2. The third kappa shape index (κ3) is 5.42. The minimum absolute atomic E-state index is 0.00539. The van der Waals surface area contributed by atoms with Gasteiger partial charge in [0, 0.05) is 46.4 Å². The molecule has 3 heterocycles. The van der Waals surface area contributed by atoms with Gasteiger partial charge >= 0.3 is 5.97 Å². The van der Waals surface area contributed by atoms with Crippen LogP contribution in [-0.2, 0) is 32.6 Å². The number of esters is 1. The van der Waals surface area contributed by atoms with E-state index >= 15 is 0 Å². The number of ether oxygens (including phenoxy) is 3. The summed E-state index contributed by atoms with van der Waals surface area (Å²) in [5.41, 5.74) is 2.26. The molecule has 9 heteroatoms. The highest BCUT2D eigenvalue weighted by molar-refractivity contribution is 9.10. The minimum atomic E-state index is -0.787. The zero-order valence-corrected chi connectivity index (χ0v) is 29.9. The quantitative estimate of drug-likeness (QED) is 0.165. The van der Waals surface area contributed by atoms with Gasteiger partial charge in [0.15, 0.2) is 11.5 Å². The van der Waals surface area contributed by atoms with Crippen molar-refractivity contribution < 1.29 is 23.8 Å². The van der Waals surface area contributed by atoms with Crippen LogP contribution in [0.15, 0.2) is 64.5 Å². The molecule has 1 saturated carbocycles. The lowest BCUT2D eigenvalue weighted by molar-refractivity contribution is -0.224. The predicted molar refractivity (Wildman–Crippen MR) is 188 cm³/mol. The van der Waals surface area contributed by atoms with Crippen molar-refractivity contribution in [3.05, 3.63) is 86.0 Å². The van der Waals surface area contributed by atoms with Gasteiger partial charge in [-0.25, -0.2) is 0 Å². The fraction of sp³-hybridized carbons (Fsp3) is 0.474. The molecule has 248 valence electrons. The highest BCUT2D eigenvalue weighted by Crippen LogP contribution is 2.67. The summed E-state index contributed by atoms with van der Waals surface area (Å²) in [5.74, 6) is 1.41. The number of rotatable bonds is 10. The van der Waals surface area contributed by atoms with E-state index in [0.29, 0.717) is 25.1 Å². The normalized spacial score (nSPS) is 27.4. The number of amides is 1. The molecule has 1 saturated heterocycles. The average Bonchev–Trinajstić information content (AvgIpc) is 3.63. The van der Waals surface area contributed by atoms with Crippen LogP contribution in [-0.4, -0.2) is 72.2 Å². The van der Waals surface area contributed by atoms with E-state index in [1.54, 1.807) is 24.5 Å². The van der Waals surface area contributed by atoms with Crippen molar-refractivity contribution in [1.29, 1.82) is 0 Å². The molecule has 0 unspecified atom stereocenters. The number of halogens is 1. The van der Waals surface area contributed by atoms with Crippen molar-refractivity contribution in [3.63, 3.8) is 0 Å². The molecule has 2 aliphatic heterocycles. The SMILES string of the molecule is COc1ccc2c3c1O[C@H]1[C@H](N(CC(C)C)C(=O)/C=C/c4cc(Br)cs4)CC[C@@]4(OC(C)=O)[C@@H](C2)N(CCc2ccccc2)CC[C@]314. The summed E-state index contributed by atoms with van der Waals surface area (Å²) in [6, 6.07) is 16.6. The maximum Gasteiger partial charge on any atom is 0.303 e. The van der Waals surface area contributed by atoms with E-state index in [-0.39, 0.29) is 36.0 Å². The first kappa shape index (κ1) is 32.4. The number of hydrogen-bond acceptors (Lipinski definition) is 7. The monoisotopic (exact) mass is 718 g/mol. The molecule has 2 aliphatic carbocycles. The molecular weight excluding hydrogens is 676 g/mol. The Morgan fingerprint density at radius 3 is 2.70 bits per heavy atom. The van der Waals surface area contributed by atoms with Gasteiger partial charge in [-0.1, -0.05) is 50.2 Å². The molecule has 0 radical (unpaired) electrons. The summed E-state index contributed by atoms with van der Waals surface area (Å²) < 4.78 is 20.7. The van der Waals surface area contributed by atoms with E-state index in [0.717, 1.165) is 53.0 Å². The number of likely N-dealkylation sites (tertiary alicyclic amines) is 1. The Morgan fingerprint density at radius 1 is 1.19 bits per heavy atom. The topological polar surface area (TPSA) is 68.3 Å². The van der Waals surface area contributed by atoms with Crippen LogP contribution in [0.1, 0.15) is 61.6 Å². The maximum atomic E-state index is 14.2. The second kappa shape index (κ2) is 12.7. The van der Waals surface area contributed by atoms with Gasteiger partial charge in [-0.05, 0) is 89.8 Å².